The molecule has 0 saturated heterocycles. The highest BCUT2D eigenvalue weighted by Crippen LogP contribution is 2.13. The SMILES string of the molecule is CC(C)(C)C(=O)NCC(=O)c1ccc(O)cc1. The first-order chi connectivity index (χ1) is 7.80. The molecule has 0 aliphatic heterocycles. The molecule has 0 aliphatic carbocycles. The molecule has 1 amide bonds. The van der Waals surface area contributed by atoms with Gasteiger partial charge in [-0.1, -0.05) is 20.8 Å². The lowest BCUT2D eigenvalue weighted by atomic mass is 9.95. The van der Waals surface area contributed by atoms with E-state index in [-0.39, 0.29) is 24.0 Å². The molecule has 0 radical (unpaired) electrons. The zero-order valence-electron chi connectivity index (χ0n) is 10.3. The maximum atomic E-state index is 11.7. The molecule has 1 aromatic carbocycles. The van der Waals surface area contributed by atoms with E-state index in [1.807, 2.05) is 0 Å². The van der Waals surface area contributed by atoms with Crippen LogP contribution in [0.25, 0.3) is 0 Å². The molecule has 4 nitrogen and oxygen atoms in total. The van der Waals surface area contributed by atoms with E-state index in [1.54, 1.807) is 20.8 Å². The zero-order valence-corrected chi connectivity index (χ0v) is 10.3. The van der Waals surface area contributed by atoms with Gasteiger partial charge in [0.1, 0.15) is 5.75 Å². The summed E-state index contributed by atoms with van der Waals surface area (Å²) in [5.74, 6) is -0.229. The Kier molecular flexibility index (Phi) is 3.89. The quantitative estimate of drug-likeness (QED) is 0.784. The first-order valence-electron chi connectivity index (χ1n) is 5.41. The van der Waals surface area contributed by atoms with E-state index in [2.05, 4.69) is 5.32 Å². The third kappa shape index (κ3) is 3.90. The average molecular weight is 235 g/mol. The highest BCUT2D eigenvalue weighted by Gasteiger charge is 2.21. The minimum Gasteiger partial charge on any atom is -0.508 e. The Hall–Kier alpha value is -1.84. The van der Waals surface area contributed by atoms with Gasteiger partial charge in [-0.05, 0) is 24.3 Å². The van der Waals surface area contributed by atoms with Crippen LogP contribution in [0, 0.1) is 5.41 Å². The van der Waals surface area contributed by atoms with Crippen molar-refractivity contribution in [3.05, 3.63) is 29.8 Å². The first-order valence-corrected chi connectivity index (χ1v) is 5.41. The molecule has 1 aromatic rings. The Labute approximate surface area is 101 Å². The van der Waals surface area contributed by atoms with Crippen molar-refractivity contribution in [2.75, 3.05) is 6.54 Å². The number of hydrogen-bond donors (Lipinski definition) is 2. The number of rotatable bonds is 3. The summed E-state index contributed by atoms with van der Waals surface area (Å²) in [5.41, 5.74) is -0.0353. The Morgan fingerprint density at radius 3 is 2.18 bits per heavy atom. The maximum Gasteiger partial charge on any atom is 0.225 e. The maximum absolute atomic E-state index is 11.7. The van der Waals surface area contributed by atoms with Gasteiger partial charge in [0.05, 0.1) is 6.54 Å². The molecule has 2 N–H and O–H groups in total. The Bertz CT molecular complexity index is 415. The van der Waals surface area contributed by atoms with Crippen LogP contribution < -0.4 is 5.32 Å². The number of amides is 1. The molecular weight excluding hydrogens is 218 g/mol. The lowest BCUT2D eigenvalue weighted by Crippen LogP contribution is -2.37. The number of ketones is 1. The molecule has 0 bridgehead atoms. The third-order valence-corrected chi connectivity index (χ3v) is 2.28. The van der Waals surface area contributed by atoms with Crippen LogP contribution in [0.3, 0.4) is 0 Å². The molecule has 0 fully saturated rings. The van der Waals surface area contributed by atoms with E-state index >= 15 is 0 Å². The van der Waals surface area contributed by atoms with Crippen LogP contribution in [0.2, 0.25) is 0 Å². The highest BCUT2D eigenvalue weighted by molar-refractivity contribution is 5.99. The van der Waals surface area contributed by atoms with Crippen LogP contribution in [-0.2, 0) is 4.79 Å². The van der Waals surface area contributed by atoms with E-state index in [4.69, 9.17) is 5.11 Å². The summed E-state index contributed by atoms with van der Waals surface area (Å²) in [7, 11) is 0. The van der Waals surface area contributed by atoms with Gasteiger partial charge in [-0.15, -0.1) is 0 Å². The van der Waals surface area contributed by atoms with Crippen molar-refractivity contribution in [3.8, 4) is 5.75 Å². The largest absolute Gasteiger partial charge is 0.508 e. The van der Waals surface area contributed by atoms with Gasteiger partial charge < -0.3 is 10.4 Å². The molecule has 92 valence electrons. The van der Waals surface area contributed by atoms with Gasteiger partial charge in [-0.2, -0.15) is 0 Å². The predicted octanol–water partition coefficient (Wildman–Crippen LogP) is 1.74. The first kappa shape index (κ1) is 13.2. The highest BCUT2D eigenvalue weighted by atomic mass is 16.3. The van der Waals surface area contributed by atoms with Crippen molar-refractivity contribution >= 4 is 11.7 Å². The van der Waals surface area contributed by atoms with Crippen LogP contribution in [0.15, 0.2) is 24.3 Å². The minimum atomic E-state index is -0.505. The van der Waals surface area contributed by atoms with E-state index in [0.29, 0.717) is 5.56 Å². The summed E-state index contributed by atoms with van der Waals surface area (Å²) in [6.45, 7) is 5.33. The van der Waals surface area contributed by atoms with E-state index in [0.717, 1.165) is 0 Å². The Balaban J connectivity index is 2.56. The third-order valence-electron chi connectivity index (χ3n) is 2.28. The predicted molar refractivity (Wildman–Crippen MR) is 64.9 cm³/mol. The summed E-state index contributed by atoms with van der Waals surface area (Å²) in [4.78, 5) is 23.2. The van der Waals surface area contributed by atoms with Gasteiger partial charge >= 0.3 is 0 Å². The van der Waals surface area contributed by atoms with Gasteiger partial charge in [-0.3, -0.25) is 9.59 Å². The second-order valence-corrected chi connectivity index (χ2v) is 4.90. The molecule has 0 aromatic heterocycles. The number of Topliss-reactive ketones (excluding diaryl/α,β-unsaturated/α-hetero) is 1. The average Bonchev–Trinajstić information content (AvgIpc) is 2.25. The number of carbonyl (C=O) groups excluding carboxylic acids is 2. The monoisotopic (exact) mass is 235 g/mol. The number of aromatic hydroxyl groups is 1. The molecule has 0 saturated carbocycles. The van der Waals surface area contributed by atoms with Crippen LogP contribution in [0.5, 0.6) is 5.75 Å². The van der Waals surface area contributed by atoms with Crippen LogP contribution >= 0.6 is 0 Å². The molecule has 1 rings (SSSR count). The molecule has 0 atom stereocenters. The van der Waals surface area contributed by atoms with Crippen molar-refractivity contribution in [1.29, 1.82) is 0 Å². The van der Waals surface area contributed by atoms with Crippen molar-refractivity contribution in [1.82, 2.24) is 5.32 Å². The fourth-order valence-electron chi connectivity index (χ4n) is 1.18. The van der Waals surface area contributed by atoms with Gasteiger partial charge in [0.2, 0.25) is 5.91 Å². The van der Waals surface area contributed by atoms with Gasteiger partial charge in [0.15, 0.2) is 5.78 Å². The number of benzene rings is 1. The molecule has 0 spiro atoms. The number of phenolic OH excluding ortho intramolecular Hbond substituents is 1. The van der Waals surface area contributed by atoms with Crippen molar-refractivity contribution in [3.63, 3.8) is 0 Å². The van der Waals surface area contributed by atoms with E-state index < -0.39 is 5.41 Å². The van der Waals surface area contributed by atoms with Crippen molar-refractivity contribution in [2.45, 2.75) is 20.8 Å². The molecule has 0 unspecified atom stereocenters. The molecule has 17 heavy (non-hydrogen) atoms. The number of nitrogens with one attached hydrogen (secondary N) is 1. The van der Waals surface area contributed by atoms with Crippen molar-refractivity contribution in [2.24, 2.45) is 5.41 Å². The number of carbonyl (C=O) groups is 2. The smallest absolute Gasteiger partial charge is 0.225 e. The fourth-order valence-corrected chi connectivity index (χ4v) is 1.18. The molecule has 4 heteroatoms. The molecule has 0 aliphatic rings. The van der Waals surface area contributed by atoms with Gasteiger partial charge in [0, 0.05) is 11.0 Å². The molecule has 0 heterocycles. The van der Waals surface area contributed by atoms with Gasteiger partial charge in [-0.25, -0.2) is 0 Å². The second kappa shape index (κ2) is 4.99. The normalized spacial score (nSPS) is 11.0. The van der Waals surface area contributed by atoms with Crippen molar-refractivity contribution < 1.29 is 14.7 Å². The van der Waals surface area contributed by atoms with E-state index in [1.165, 1.54) is 24.3 Å². The fraction of sp³-hybridized carbons (Fsp3) is 0.385. The van der Waals surface area contributed by atoms with Gasteiger partial charge in [0.25, 0.3) is 0 Å². The minimum absolute atomic E-state index is 0.0269. The number of phenols is 1. The summed E-state index contributed by atoms with van der Waals surface area (Å²) in [6, 6.07) is 5.94. The zero-order chi connectivity index (χ0) is 13.1. The standard InChI is InChI=1S/C13H17NO3/c1-13(2,3)12(17)14-8-11(16)9-4-6-10(15)7-5-9/h4-7,15H,8H2,1-3H3,(H,14,17). The lowest BCUT2D eigenvalue weighted by Gasteiger charge is -2.17. The van der Waals surface area contributed by atoms with Crippen LogP contribution in [0.4, 0.5) is 0 Å². The number of hydrogen-bond acceptors (Lipinski definition) is 3. The summed E-state index contributed by atoms with van der Waals surface area (Å²) in [6.07, 6.45) is 0. The molecular formula is C13H17NO3. The van der Waals surface area contributed by atoms with Crippen LogP contribution in [0.1, 0.15) is 31.1 Å². The lowest BCUT2D eigenvalue weighted by molar-refractivity contribution is -0.128. The van der Waals surface area contributed by atoms with Crippen LogP contribution in [-0.4, -0.2) is 23.3 Å². The topological polar surface area (TPSA) is 66.4 Å². The second-order valence-electron chi connectivity index (χ2n) is 4.90. The Morgan fingerprint density at radius 1 is 1.18 bits per heavy atom. The Morgan fingerprint density at radius 2 is 1.71 bits per heavy atom. The summed E-state index contributed by atoms with van der Waals surface area (Å²) < 4.78 is 0. The van der Waals surface area contributed by atoms with E-state index in [9.17, 15) is 9.59 Å². The summed E-state index contributed by atoms with van der Waals surface area (Å²) in [5, 5.41) is 11.7. The summed E-state index contributed by atoms with van der Waals surface area (Å²) >= 11 is 0.